The Bertz CT molecular complexity index is 579. The van der Waals surface area contributed by atoms with Crippen molar-refractivity contribution in [2.45, 2.75) is 37.3 Å². The molecule has 2 N–H and O–H groups in total. The first-order chi connectivity index (χ1) is 10.6. The summed E-state index contributed by atoms with van der Waals surface area (Å²) in [5, 5.41) is 11.9. The number of aliphatic carboxylic acids is 1. The second-order valence-electron chi connectivity index (χ2n) is 5.70. The van der Waals surface area contributed by atoms with Crippen LogP contribution >= 0.6 is 0 Å². The Labute approximate surface area is 127 Å². The zero-order chi connectivity index (χ0) is 15.6. The summed E-state index contributed by atoms with van der Waals surface area (Å²) >= 11 is 0. The molecular weight excluding hydrogens is 288 g/mol. The van der Waals surface area contributed by atoms with Crippen LogP contribution in [0.25, 0.3) is 0 Å². The number of carbonyl (C=O) groups excluding carboxylic acids is 1. The first kappa shape index (κ1) is 14.8. The maximum atomic E-state index is 12.3. The highest BCUT2D eigenvalue weighted by Crippen LogP contribution is 2.25. The summed E-state index contributed by atoms with van der Waals surface area (Å²) in [4.78, 5) is 27.8. The number of hydrogen-bond acceptors (Lipinski definition) is 5. The maximum absolute atomic E-state index is 12.3. The summed E-state index contributed by atoms with van der Waals surface area (Å²) in [5.74, 6) is -1.16. The van der Waals surface area contributed by atoms with E-state index in [4.69, 9.17) is 9.47 Å². The van der Waals surface area contributed by atoms with Crippen molar-refractivity contribution in [2.24, 2.45) is 0 Å². The van der Waals surface area contributed by atoms with E-state index < -0.39 is 17.4 Å². The van der Waals surface area contributed by atoms with Gasteiger partial charge in [0, 0.05) is 30.9 Å². The van der Waals surface area contributed by atoms with Crippen LogP contribution in [0.5, 0.6) is 5.88 Å². The molecule has 118 valence electrons. The van der Waals surface area contributed by atoms with Gasteiger partial charge in [-0.15, -0.1) is 0 Å². The monoisotopic (exact) mass is 306 g/mol. The van der Waals surface area contributed by atoms with Crippen molar-refractivity contribution in [3.05, 3.63) is 23.9 Å². The molecule has 1 unspecified atom stereocenters. The van der Waals surface area contributed by atoms with Crippen LogP contribution in [0.1, 0.15) is 36.0 Å². The third-order valence-corrected chi connectivity index (χ3v) is 4.12. The number of carbonyl (C=O) groups is 2. The number of aromatic nitrogens is 1. The van der Waals surface area contributed by atoms with Gasteiger partial charge in [-0.25, -0.2) is 9.78 Å². The number of nitrogens with one attached hydrogen (secondary N) is 1. The molecule has 2 fully saturated rings. The minimum atomic E-state index is -1.35. The molecule has 1 aromatic heterocycles. The van der Waals surface area contributed by atoms with Crippen LogP contribution in [0.3, 0.4) is 0 Å². The summed E-state index contributed by atoms with van der Waals surface area (Å²) in [6, 6.07) is 3.08. The normalized spacial score (nSPS) is 24.5. The van der Waals surface area contributed by atoms with Gasteiger partial charge < -0.3 is 19.9 Å². The maximum Gasteiger partial charge on any atom is 0.331 e. The fourth-order valence-corrected chi connectivity index (χ4v) is 2.45. The minimum Gasteiger partial charge on any atom is -0.479 e. The van der Waals surface area contributed by atoms with Gasteiger partial charge in [0.25, 0.3) is 5.91 Å². The number of pyridine rings is 1. The largest absolute Gasteiger partial charge is 0.479 e. The molecule has 0 bridgehead atoms. The second kappa shape index (κ2) is 5.92. The highest BCUT2D eigenvalue weighted by Gasteiger charge is 2.44. The van der Waals surface area contributed by atoms with Crippen molar-refractivity contribution >= 4 is 11.9 Å². The first-order valence-corrected chi connectivity index (χ1v) is 7.35. The fourth-order valence-electron chi connectivity index (χ4n) is 2.45. The SMILES string of the molecule is O=C(NC1(C(=O)O)CCOC1)c1ccnc(OC2CCC2)c1. The van der Waals surface area contributed by atoms with Crippen molar-refractivity contribution in [3.63, 3.8) is 0 Å². The predicted octanol–water partition coefficient (Wildman–Crippen LogP) is 0.986. The minimum absolute atomic E-state index is 0.0232. The van der Waals surface area contributed by atoms with Gasteiger partial charge in [0.2, 0.25) is 5.88 Å². The average Bonchev–Trinajstić information content (AvgIpc) is 2.93. The van der Waals surface area contributed by atoms with Crippen LogP contribution in [0, 0.1) is 0 Å². The Morgan fingerprint density at radius 1 is 1.45 bits per heavy atom. The topological polar surface area (TPSA) is 97.8 Å². The third kappa shape index (κ3) is 2.89. The summed E-state index contributed by atoms with van der Waals surface area (Å²) in [7, 11) is 0. The molecule has 1 saturated carbocycles. The van der Waals surface area contributed by atoms with Gasteiger partial charge in [-0.3, -0.25) is 4.79 Å². The molecule has 7 heteroatoms. The molecule has 3 rings (SSSR count). The van der Waals surface area contributed by atoms with Gasteiger partial charge in [0.05, 0.1) is 6.61 Å². The lowest BCUT2D eigenvalue weighted by Crippen LogP contribution is -2.55. The highest BCUT2D eigenvalue weighted by molar-refractivity contribution is 5.98. The number of nitrogens with zero attached hydrogens (tertiary/aromatic N) is 1. The van der Waals surface area contributed by atoms with Crippen LogP contribution in [0.4, 0.5) is 0 Å². The van der Waals surface area contributed by atoms with E-state index in [-0.39, 0.29) is 19.1 Å². The molecule has 7 nitrogen and oxygen atoms in total. The second-order valence-corrected chi connectivity index (χ2v) is 5.70. The molecule has 1 atom stereocenters. The quantitative estimate of drug-likeness (QED) is 0.842. The Balaban J connectivity index is 1.71. The molecule has 1 aromatic rings. The van der Waals surface area contributed by atoms with Crippen molar-refractivity contribution < 1.29 is 24.2 Å². The van der Waals surface area contributed by atoms with E-state index in [1.165, 1.54) is 12.3 Å². The molecule has 0 aromatic carbocycles. The molecule has 22 heavy (non-hydrogen) atoms. The average molecular weight is 306 g/mol. The molecule has 1 amide bonds. The molecule has 1 aliphatic heterocycles. The Kier molecular flexibility index (Phi) is 3.98. The number of rotatable bonds is 5. The highest BCUT2D eigenvalue weighted by atomic mass is 16.5. The molecule has 0 spiro atoms. The summed E-state index contributed by atoms with van der Waals surface area (Å²) in [6.45, 7) is 0.295. The zero-order valence-electron chi connectivity index (χ0n) is 12.1. The van der Waals surface area contributed by atoms with Crippen molar-refractivity contribution in [2.75, 3.05) is 13.2 Å². The number of carboxylic acids is 1. The summed E-state index contributed by atoms with van der Waals surface area (Å²) < 4.78 is 10.8. The van der Waals surface area contributed by atoms with Crippen LogP contribution < -0.4 is 10.1 Å². The van der Waals surface area contributed by atoms with Crippen molar-refractivity contribution in [3.8, 4) is 5.88 Å². The Morgan fingerprint density at radius 3 is 2.86 bits per heavy atom. The molecule has 1 saturated heterocycles. The lowest BCUT2D eigenvalue weighted by atomic mass is 9.96. The van der Waals surface area contributed by atoms with Crippen LogP contribution in [-0.2, 0) is 9.53 Å². The number of carboxylic acid groups (broad SMARTS) is 1. The molecule has 0 radical (unpaired) electrons. The fraction of sp³-hybridized carbons (Fsp3) is 0.533. The summed E-state index contributed by atoms with van der Waals surface area (Å²) in [6.07, 6.45) is 5.05. The molecule has 1 aliphatic carbocycles. The Hall–Kier alpha value is -2.15. The van der Waals surface area contributed by atoms with Gasteiger partial charge in [-0.1, -0.05) is 0 Å². The van der Waals surface area contributed by atoms with Gasteiger partial charge in [-0.2, -0.15) is 0 Å². The van der Waals surface area contributed by atoms with Gasteiger partial charge >= 0.3 is 5.97 Å². The van der Waals surface area contributed by atoms with Crippen molar-refractivity contribution in [1.29, 1.82) is 0 Å². The third-order valence-electron chi connectivity index (χ3n) is 4.12. The van der Waals surface area contributed by atoms with Crippen LogP contribution in [-0.4, -0.2) is 46.8 Å². The lowest BCUT2D eigenvalue weighted by Gasteiger charge is -2.26. The van der Waals surface area contributed by atoms with E-state index in [1.54, 1.807) is 6.07 Å². The smallest absolute Gasteiger partial charge is 0.331 e. The van der Waals surface area contributed by atoms with E-state index in [0.29, 0.717) is 18.1 Å². The van der Waals surface area contributed by atoms with E-state index in [0.717, 1.165) is 19.3 Å². The zero-order valence-corrected chi connectivity index (χ0v) is 12.1. The molecule has 2 heterocycles. The van der Waals surface area contributed by atoms with Gasteiger partial charge in [0.1, 0.15) is 6.10 Å². The van der Waals surface area contributed by atoms with E-state index in [9.17, 15) is 14.7 Å². The van der Waals surface area contributed by atoms with Gasteiger partial charge in [0.15, 0.2) is 5.54 Å². The molecular formula is C15H18N2O5. The van der Waals surface area contributed by atoms with E-state index in [2.05, 4.69) is 10.3 Å². The lowest BCUT2D eigenvalue weighted by molar-refractivity contribution is -0.144. The molecule has 2 aliphatic rings. The van der Waals surface area contributed by atoms with Gasteiger partial charge in [-0.05, 0) is 25.3 Å². The number of hydrogen-bond donors (Lipinski definition) is 2. The van der Waals surface area contributed by atoms with Crippen LogP contribution in [0.15, 0.2) is 18.3 Å². The standard InChI is InChI=1S/C15H18N2O5/c18-13(17-15(14(19)20)5-7-21-9-15)10-4-6-16-12(8-10)22-11-2-1-3-11/h4,6,8,11H,1-3,5,7,9H2,(H,17,18)(H,19,20). The van der Waals surface area contributed by atoms with E-state index in [1.807, 2.05) is 0 Å². The number of ether oxygens (including phenoxy) is 2. The summed E-state index contributed by atoms with van der Waals surface area (Å²) in [5.41, 5.74) is -1.02. The first-order valence-electron chi connectivity index (χ1n) is 7.35. The van der Waals surface area contributed by atoms with Crippen molar-refractivity contribution in [1.82, 2.24) is 10.3 Å². The van der Waals surface area contributed by atoms with E-state index >= 15 is 0 Å². The number of amides is 1. The predicted molar refractivity (Wildman–Crippen MR) is 75.8 cm³/mol. The Morgan fingerprint density at radius 2 is 2.27 bits per heavy atom. The van der Waals surface area contributed by atoms with Crippen LogP contribution in [0.2, 0.25) is 0 Å².